The molecule has 0 spiro atoms. The number of aliphatic hydroxyl groups is 4. The second-order valence-corrected chi connectivity index (χ2v) is 16.4. The largest absolute Gasteiger partial charge is 0.458 e. The average Bonchev–Trinajstić information content (AvgIpc) is 3.13. The van der Waals surface area contributed by atoms with Crippen LogP contribution in [0.4, 0.5) is 4.79 Å². The van der Waals surface area contributed by atoms with Crippen molar-refractivity contribution < 1.29 is 63.3 Å². The maximum absolute atomic E-state index is 14.8. The van der Waals surface area contributed by atoms with E-state index in [0.717, 1.165) is 0 Å². The molecule has 10 atom stereocenters. The van der Waals surface area contributed by atoms with E-state index in [1.807, 2.05) is 0 Å². The molecule has 0 bridgehead atoms. The molecule has 1 aliphatic heterocycles. The number of esters is 2. The number of benzene rings is 2. The average molecular weight is 768 g/mol. The number of aliphatic hydroxyl groups excluding tert-OH is 2. The molecule has 300 valence electrons. The molecule has 14 heteroatoms. The Hall–Kier alpha value is -4.18. The van der Waals surface area contributed by atoms with Gasteiger partial charge in [-0.25, -0.2) is 14.4 Å². The van der Waals surface area contributed by atoms with Crippen molar-refractivity contribution in [2.75, 3.05) is 13.7 Å². The van der Waals surface area contributed by atoms with Crippen LogP contribution in [0.15, 0.2) is 71.8 Å². The van der Waals surface area contributed by atoms with Crippen LogP contribution < -0.4 is 5.32 Å². The second kappa shape index (κ2) is 15.8. The summed E-state index contributed by atoms with van der Waals surface area (Å²) in [4.78, 5) is 55.7. The molecule has 1 amide bonds. The van der Waals surface area contributed by atoms with Gasteiger partial charge < -0.3 is 49.4 Å². The third kappa shape index (κ3) is 8.35. The standard InChI is InChI=1S/C41H53NO13/c1-22-25(53-36(47)32(44)30(23-15-11-9-12-16-23)42-37(48)55-38(2,3)4)19-26(54-35(46)24-17-13-10-14-18-24)33-40(7,34(45)31(43)29(22)39(5,6)49)27(51-8)20-28-41(33,50)21-52-28/h9-18,25-28,30-33,43-44,49-50H,19-21H2,1-8H3,(H,42,48)/b29-22-/t25-,26+,27-,28+,30-,31+,32+,33-,40+,41-/m0/s1. The summed E-state index contributed by atoms with van der Waals surface area (Å²) in [5, 5.41) is 50.0. The Morgan fingerprint density at radius 3 is 2.09 bits per heavy atom. The molecule has 5 N–H and O–H groups in total. The smallest absolute Gasteiger partial charge is 0.408 e. The summed E-state index contributed by atoms with van der Waals surface area (Å²) in [5.74, 6) is -4.15. The number of ether oxygens (including phenoxy) is 5. The maximum atomic E-state index is 14.8. The fourth-order valence-electron chi connectivity index (χ4n) is 8.43. The Morgan fingerprint density at radius 2 is 1.56 bits per heavy atom. The number of carbonyl (C=O) groups is 4. The third-order valence-electron chi connectivity index (χ3n) is 11.0. The Balaban J connectivity index is 1.64. The summed E-state index contributed by atoms with van der Waals surface area (Å²) in [6.45, 7) is 10.4. The molecular formula is C41H53NO13. The number of fused-ring (bicyclic) bond motifs is 3. The maximum Gasteiger partial charge on any atom is 0.408 e. The van der Waals surface area contributed by atoms with Crippen LogP contribution in [0.2, 0.25) is 0 Å². The minimum atomic E-state index is -2.04. The van der Waals surface area contributed by atoms with E-state index in [2.05, 4.69) is 5.32 Å². The van der Waals surface area contributed by atoms with Crippen molar-refractivity contribution in [3.05, 3.63) is 82.9 Å². The van der Waals surface area contributed by atoms with Gasteiger partial charge in [-0.05, 0) is 77.3 Å². The molecule has 0 unspecified atom stereocenters. The molecule has 0 radical (unpaired) electrons. The number of rotatable bonds is 9. The van der Waals surface area contributed by atoms with Crippen LogP contribution >= 0.6 is 0 Å². The number of carbonyl (C=O) groups excluding carboxylic acids is 4. The molecule has 3 aliphatic rings. The first-order valence-corrected chi connectivity index (χ1v) is 18.3. The highest BCUT2D eigenvalue weighted by molar-refractivity contribution is 5.93. The molecule has 1 saturated carbocycles. The van der Waals surface area contributed by atoms with Crippen molar-refractivity contribution in [3.8, 4) is 0 Å². The minimum absolute atomic E-state index is 0.0376. The van der Waals surface area contributed by atoms with E-state index in [9.17, 15) is 39.6 Å². The highest BCUT2D eigenvalue weighted by atomic mass is 16.6. The lowest BCUT2D eigenvalue weighted by molar-refractivity contribution is -0.328. The molecule has 0 aromatic heterocycles. The fourth-order valence-corrected chi connectivity index (χ4v) is 8.43. The van der Waals surface area contributed by atoms with Gasteiger partial charge in [-0.2, -0.15) is 0 Å². The first-order valence-electron chi connectivity index (χ1n) is 18.3. The van der Waals surface area contributed by atoms with Gasteiger partial charge in [-0.3, -0.25) is 4.79 Å². The van der Waals surface area contributed by atoms with Crippen LogP contribution in [0.1, 0.15) is 83.3 Å². The van der Waals surface area contributed by atoms with Crippen LogP contribution in [0, 0.1) is 11.3 Å². The highest BCUT2D eigenvalue weighted by Crippen LogP contribution is 2.57. The number of hydrogen-bond acceptors (Lipinski definition) is 13. The van der Waals surface area contributed by atoms with Gasteiger partial charge in [0.15, 0.2) is 11.9 Å². The number of alkyl carbamates (subject to hydrolysis) is 1. The molecule has 1 heterocycles. The van der Waals surface area contributed by atoms with E-state index in [0.29, 0.717) is 5.56 Å². The summed E-state index contributed by atoms with van der Waals surface area (Å²) in [5.41, 5.74) is -5.96. The molecule has 14 nitrogen and oxygen atoms in total. The lowest BCUT2D eigenvalue weighted by atomic mass is 9.52. The van der Waals surface area contributed by atoms with Crippen molar-refractivity contribution >= 4 is 23.8 Å². The van der Waals surface area contributed by atoms with Gasteiger partial charge in [0.25, 0.3) is 0 Å². The lowest BCUT2D eigenvalue weighted by Crippen LogP contribution is -2.76. The third-order valence-corrected chi connectivity index (χ3v) is 11.0. The molecular weight excluding hydrogens is 714 g/mol. The predicted molar refractivity (Wildman–Crippen MR) is 196 cm³/mol. The van der Waals surface area contributed by atoms with E-state index >= 15 is 0 Å². The highest BCUT2D eigenvalue weighted by Gasteiger charge is 2.71. The quantitative estimate of drug-likeness (QED) is 0.141. The van der Waals surface area contributed by atoms with Gasteiger partial charge in [-0.15, -0.1) is 0 Å². The van der Waals surface area contributed by atoms with Gasteiger partial charge in [0.1, 0.15) is 29.5 Å². The fraction of sp³-hybridized carbons (Fsp3) is 0.561. The van der Waals surface area contributed by atoms with Crippen LogP contribution in [0.3, 0.4) is 0 Å². The van der Waals surface area contributed by atoms with Gasteiger partial charge in [0, 0.05) is 25.9 Å². The van der Waals surface area contributed by atoms with Gasteiger partial charge in [-0.1, -0.05) is 48.5 Å². The number of nitrogens with one attached hydrogen (secondary N) is 1. The van der Waals surface area contributed by atoms with Gasteiger partial charge >= 0.3 is 18.0 Å². The van der Waals surface area contributed by atoms with E-state index in [1.54, 1.807) is 69.3 Å². The number of Topliss-reactive ketones (excluding diaryl/α,β-unsaturated/α-hetero) is 1. The SMILES string of the molecule is CO[C@H]1C[C@H]2OC[C@@]2(O)[C@H]2[C@H](OC(=O)c3ccccc3)C[C@H](OC(=O)[C@H](O)[C@@H](NC(=O)OC(C)(C)C)c3ccccc3)/C(C)=C(\C(C)(C)O)[C@@H](O)C(=O)[C@]12C. The van der Waals surface area contributed by atoms with Crippen molar-refractivity contribution in [1.29, 1.82) is 0 Å². The number of amides is 1. The second-order valence-electron chi connectivity index (χ2n) is 16.4. The summed E-state index contributed by atoms with van der Waals surface area (Å²) in [7, 11) is 1.38. The summed E-state index contributed by atoms with van der Waals surface area (Å²) in [6.07, 6.45) is -9.98. The summed E-state index contributed by atoms with van der Waals surface area (Å²) >= 11 is 0. The lowest BCUT2D eigenvalue weighted by Gasteiger charge is -2.62. The van der Waals surface area contributed by atoms with E-state index in [1.165, 1.54) is 46.9 Å². The Bertz CT molecular complexity index is 1770. The van der Waals surface area contributed by atoms with E-state index < -0.39 is 101 Å². The number of methoxy groups -OCH3 is 1. The van der Waals surface area contributed by atoms with Crippen LogP contribution in [-0.2, 0) is 33.3 Å². The van der Waals surface area contributed by atoms with Crippen molar-refractivity contribution in [2.24, 2.45) is 11.3 Å². The normalized spacial score (nSPS) is 32.2. The predicted octanol–water partition coefficient (Wildman–Crippen LogP) is 3.34. The number of ketones is 1. The Labute approximate surface area is 320 Å². The first-order chi connectivity index (χ1) is 25.6. The molecule has 5 rings (SSSR count). The van der Waals surface area contributed by atoms with Crippen LogP contribution in [0.25, 0.3) is 0 Å². The zero-order chi connectivity index (χ0) is 40.7. The van der Waals surface area contributed by atoms with Gasteiger partial charge in [0.05, 0.1) is 41.4 Å². The molecule has 1 saturated heterocycles. The van der Waals surface area contributed by atoms with Crippen LogP contribution in [0.5, 0.6) is 0 Å². The molecule has 2 aromatic carbocycles. The molecule has 2 aromatic rings. The zero-order valence-electron chi connectivity index (χ0n) is 32.5. The Kier molecular flexibility index (Phi) is 12.0. The summed E-state index contributed by atoms with van der Waals surface area (Å²) in [6, 6.07) is 14.9. The van der Waals surface area contributed by atoms with Gasteiger partial charge in [0.2, 0.25) is 0 Å². The van der Waals surface area contributed by atoms with Crippen molar-refractivity contribution in [3.63, 3.8) is 0 Å². The van der Waals surface area contributed by atoms with Crippen molar-refractivity contribution in [1.82, 2.24) is 5.32 Å². The first kappa shape index (κ1) is 42.0. The topological polar surface area (TPSA) is 207 Å². The number of hydrogen-bond donors (Lipinski definition) is 5. The molecule has 2 aliphatic carbocycles. The van der Waals surface area contributed by atoms with E-state index in [4.69, 9.17) is 23.7 Å². The monoisotopic (exact) mass is 767 g/mol. The summed E-state index contributed by atoms with van der Waals surface area (Å²) < 4.78 is 29.2. The minimum Gasteiger partial charge on any atom is -0.458 e. The van der Waals surface area contributed by atoms with Crippen molar-refractivity contribution in [2.45, 2.75) is 121 Å². The van der Waals surface area contributed by atoms with Crippen LogP contribution in [-0.4, -0.2) is 111 Å². The van der Waals surface area contributed by atoms with E-state index in [-0.39, 0.29) is 29.7 Å². The zero-order valence-corrected chi connectivity index (χ0v) is 32.5. The molecule has 55 heavy (non-hydrogen) atoms. The Morgan fingerprint density at radius 1 is 0.964 bits per heavy atom. The molecule has 2 fully saturated rings.